The number of hydrogen-bond donors (Lipinski definition) is 1. The maximum Gasteiger partial charge on any atom is 0.170 e. The van der Waals surface area contributed by atoms with Crippen LogP contribution in [-0.4, -0.2) is 27.2 Å². The molecule has 0 amide bonds. The third-order valence-electron chi connectivity index (χ3n) is 10.8. The van der Waals surface area contributed by atoms with Gasteiger partial charge in [0.25, 0.3) is 0 Å². The topological polar surface area (TPSA) is 83.2 Å². The van der Waals surface area contributed by atoms with E-state index in [1.807, 2.05) is 84.9 Å². The molecule has 6 nitrogen and oxygen atoms in total. The van der Waals surface area contributed by atoms with E-state index >= 15 is 0 Å². The lowest BCUT2D eigenvalue weighted by atomic mass is 9.79. The Bertz CT molecular complexity index is 2680. The van der Waals surface area contributed by atoms with Crippen LogP contribution in [0.15, 0.2) is 163 Å². The van der Waals surface area contributed by atoms with Crippen LogP contribution in [0.4, 0.5) is 5.69 Å². The van der Waals surface area contributed by atoms with Crippen molar-refractivity contribution in [3.05, 3.63) is 174 Å². The van der Waals surface area contributed by atoms with Crippen LogP contribution in [0.2, 0.25) is 0 Å². The van der Waals surface area contributed by atoms with Crippen molar-refractivity contribution in [3.8, 4) is 67.9 Å². The minimum absolute atomic E-state index is 0.103. The molecule has 2 heterocycles. The molecule has 6 heteroatoms. The molecule has 7 aromatic rings. The molecule has 54 heavy (non-hydrogen) atoms. The molecule has 0 radical (unpaired) electrons. The van der Waals surface area contributed by atoms with Gasteiger partial charge < -0.3 is 15.2 Å². The van der Waals surface area contributed by atoms with E-state index in [9.17, 15) is 0 Å². The van der Waals surface area contributed by atoms with Gasteiger partial charge in [0.05, 0.1) is 0 Å². The number of ether oxygens (including phenoxy) is 2. The fourth-order valence-electron chi connectivity index (χ4n) is 8.14. The van der Waals surface area contributed by atoms with Crippen molar-refractivity contribution in [2.45, 2.75) is 31.5 Å². The first-order valence-electron chi connectivity index (χ1n) is 18.3. The molecule has 2 N–H and O–H groups in total. The van der Waals surface area contributed by atoms with Gasteiger partial charge in [0, 0.05) is 38.9 Å². The number of nitrogen functional groups attached to an aromatic ring is 1. The molecule has 2 aliphatic carbocycles. The van der Waals surface area contributed by atoms with Crippen molar-refractivity contribution < 1.29 is 9.47 Å². The number of rotatable bonds is 5. The molecule has 0 saturated carbocycles. The SMILES string of the molecule is CC1(C)C2=C(c3ccccc31)C1Oc3cccc(-c4cccc(-c5nc(-c6ccccc6)nc(-c6cccc(-c7cccc(N)c7)c6)n5)c4)c3OC1C=C2. The van der Waals surface area contributed by atoms with Crippen LogP contribution < -0.4 is 15.2 Å². The molecule has 2 atom stereocenters. The quantitative estimate of drug-likeness (QED) is 0.180. The summed E-state index contributed by atoms with van der Waals surface area (Å²) in [6.45, 7) is 4.58. The summed E-state index contributed by atoms with van der Waals surface area (Å²) in [5.74, 6) is 3.23. The monoisotopic (exact) mass is 700 g/mol. The van der Waals surface area contributed by atoms with Crippen LogP contribution in [0.1, 0.15) is 25.0 Å². The van der Waals surface area contributed by atoms with Crippen molar-refractivity contribution in [1.82, 2.24) is 15.0 Å². The second-order valence-electron chi connectivity index (χ2n) is 14.6. The van der Waals surface area contributed by atoms with Gasteiger partial charge in [-0.1, -0.05) is 135 Å². The number of benzene rings is 6. The zero-order chi connectivity index (χ0) is 36.4. The average Bonchev–Trinajstić information content (AvgIpc) is 3.46. The molecule has 10 rings (SSSR count). The highest BCUT2D eigenvalue weighted by Crippen LogP contribution is 2.53. The Morgan fingerprint density at radius 1 is 0.537 bits per heavy atom. The minimum atomic E-state index is -0.259. The second kappa shape index (κ2) is 12.4. The number of nitrogens with two attached hydrogens (primary N) is 1. The summed E-state index contributed by atoms with van der Waals surface area (Å²) in [7, 11) is 0. The highest BCUT2D eigenvalue weighted by atomic mass is 16.6. The van der Waals surface area contributed by atoms with Crippen molar-refractivity contribution in [2.24, 2.45) is 0 Å². The molecule has 0 spiro atoms. The van der Waals surface area contributed by atoms with E-state index in [1.54, 1.807) is 0 Å². The van der Waals surface area contributed by atoms with E-state index in [0.717, 1.165) is 50.4 Å². The maximum absolute atomic E-state index is 6.88. The van der Waals surface area contributed by atoms with Crippen LogP contribution in [0, 0.1) is 0 Å². The van der Waals surface area contributed by atoms with Crippen molar-refractivity contribution >= 4 is 11.3 Å². The molecule has 260 valence electrons. The predicted octanol–water partition coefficient (Wildman–Crippen LogP) is 10.6. The van der Waals surface area contributed by atoms with Crippen molar-refractivity contribution in [3.63, 3.8) is 0 Å². The van der Waals surface area contributed by atoms with Gasteiger partial charge in [-0.15, -0.1) is 0 Å². The summed E-state index contributed by atoms with van der Waals surface area (Å²) >= 11 is 0. The van der Waals surface area contributed by atoms with Gasteiger partial charge in [-0.2, -0.15) is 0 Å². The Labute approximate surface area is 314 Å². The normalized spacial score (nSPS) is 17.4. The van der Waals surface area contributed by atoms with Crippen LogP contribution in [0.5, 0.6) is 11.5 Å². The van der Waals surface area contributed by atoms with E-state index in [0.29, 0.717) is 23.2 Å². The minimum Gasteiger partial charge on any atom is -0.478 e. The van der Waals surface area contributed by atoms with Crippen LogP contribution in [0.25, 0.3) is 62.0 Å². The number of para-hydroxylation sites is 1. The average molecular weight is 701 g/mol. The Hall–Kier alpha value is -6.79. The van der Waals surface area contributed by atoms with E-state index in [2.05, 4.69) is 86.7 Å². The molecule has 0 saturated heterocycles. The van der Waals surface area contributed by atoms with Gasteiger partial charge in [0.15, 0.2) is 41.2 Å². The molecule has 6 aromatic carbocycles. The highest BCUT2D eigenvalue weighted by molar-refractivity contribution is 5.87. The number of hydrogen-bond acceptors (Lipinski definition) is 6. The van der Waals surface area contributed by atoms with E-state index < -0.39 is 0 Å². The first kappa shape index (κ1) is 31.9. The summed E-state index contributed by atoms with van der Waals surface area (Å²) in [5, 5.41) is 0. The van der Waals surface area contributed by atoms with Gasteiger partial charge in [-0.05, 0) is 69.8 Å². The van der Waals surface area contributed by atoms with Gasteiger partial charge in [-0.25, -0.2) is 15.0 Å². The zero-order valence-electron chi connectivity index (χ0n) is 29.9. The lowest BCUT2D eigenvalue weighted by Gasteiger charge is -2.37. The molecule has 1 aromatic heterocycles. The fraction of sp³-hybridized carbons (Fsp3) is 0.104. The van der Waals surface area contributed by atoms with Gasteiger partial charge in [0.2, 0.25) is 0 Å². The van der Waals surface area contributed by atoms with Gasteiger partial charge in [0.1, 0.15) is 0 Å². The van der Waals surface area contributed by atoms with Gasteiger partial charge in [-0.3, -0.25) is 0 Å². The summed E-state index contributed by atoms with van der Waals surface area (Å²) < 4.78 is 13.8. The lowest BCUT2D eigenvalue weighted by Crippen LogP contribution is -2.41. The van der Waals surface area contributed by atoms with Crippen molar-refractivity contribution in [2.75, 3.05) is 5.73 Å². The van der Waals surface area contributed by atoms with Gasteiger partial charge >= 0.3 is 0 Å². The van der Waals surface area contributed by atoms with E-state index in [4.69, 9.17) is 30.2 Å². The van der Waals surface area contributed by atoms with Crippen LogP contribution in [0.3, 0.4) is 0 Å². The Balaban J connectivity index is 1.04. The highest BCUT2D eigenvalue weighted by Gasteiger charge is 2.46. The number of aromatic nitrogens is 3. The fourth-order valence-corrected chi connectivity index (χ4v) is 8.14. The number of nitrogens with zero attached hydrogens (tertiary/aromatic N) is 3. The summed E-state index contributed by atoms with van der Waals surface area (Å²) in [6, 6.07) is 49.2. The Kier molecular flexibility index (Phi) is 7.34. The third kappa shape index (κ3) is 5.29. The first-order chi connectivity index (χ1) is 26.4. The van der Waals surface area contributed by atoms with Crippen molar-refractivity contribution in [1.29, 1.82) is 0 Å². The molecular formula is C48H36N4O2. The summed E-state index contributed by atoms with van der Waals surface area (Å²) in [6.07, 6.45) is 3.90. The van der Waals surface area contributed by atoms with Crippen LogP contribution >= 0.6 is 0 Å². The molecule has 1 aliphatic heterocycles. The van der Waals surface area contributed by atoms with E-state index in [1.165, 1.54) is 22.3 Å². The summed E-state index contributed by atoms with van der Waals surface area (Å²) in [5.41, 5.74) is 18.5. The molecule has 3 aliphatic rings. The predicted molar refractivity (Wildman–Crippen MR) is 216 cm³/mol. The lowest BCUT2D eigenvalue weighted by molar-refractivity contribution is 0.0817. The smallest absolute Gasteiger partial charge is 0.170 e. The first-order valence-corrected chi connectivity index (χ1v) is 18.3. The second-order valence-corrected chi connectivity index (χ2v) is 14.6. The molecule has 2 unspecified atom stereocenters. The summed E-state index contributed by atoms with van der Waals surface area (Å²) in [4.78, 5) is 15.1. The molecular weight excluding hydrogens is 665 g/mol. The third-order valence-corrected chi connectivity index (χ3v) is 10.8. The standard InChI is InChI=1S/C48H36N4O2/c1-48(2)38-22-7-6-20-37(38)42-39(48)24-25-41-44(42)54-40-23-11-21-36(43(40)53-41)32-16-9-18-34(27-32)47-51-45(29-12-4-3-5-13-29)50-46(52-47)33-17-8-14-30(26-33)31-15-10-19-35(49)28-31/h3-28,41,44H,49H2,1-2H3. The number of anilines is 1. The molecule has 0 fully saturated rings. The maximum atomic E-state index is 6.88. The Morgan fingerprint density at radius 2 is 1.11 bits per heavy atom. The Morgan fingerprint density at radius 3 is 1.87 bits per heavy atom. The van der Waals surface area contributed by atoms with E-state index in [-0.39, 0.29) is 17.6 Å². The largest absolute Gasteiger partial charge is 0.478 e. The zero-order valence-corrected chi connectivity index (χ0v) is 29.9. The van der Waals surface area contributed by atoms with Crippen LogP contribution in [-0.2, 0) is 5.41 Å². The number of allylic oxidation sites excluding steroid dienone is 2. The number of fused-ring (bicyclic) bond motifs is 5. The molecule has 0 bridgehead atoms.